The summed E-state index contributed by atoms with van der Waals surface area (Å²) in [5.74, 6) is 0.395. The summed E-state index contributed by atoms with van der Waals surface area (Å²) in [6.45, 7) is 4.54. The summed E-state index contributed by atoms with van der Waals surface area (Å²) >= 11 is 0. The third-order valence-electron chi connectivity index (χ3n) is 3.23. The van der Waals surface area contributed by atoms with Gasteiger partial charge in [-0.1, -0.05) is 0 Å². The molecule has 1 aromatic carbocycles. The first kappa shape index (κ1) is 12.9. The van der Waals surface area contributed by atoms with E-state index in [1.807, 2.05) is 24.3 Å². The molecule has 0 aromatic heterocycles. The van der Waals surface area contributed by atoms with E-state index in [-0.39, 0.29) is 11.8 Å². The van der Waals surface area contributed by atoms with Gasteiger partial charge < -0.3 is 16.0 Å². The van der Waals surface area contributed by atoms with Crippen molar-refractivity contribution >= 4 is 17.3 Å². The Bertz CT molecular complexity index is 398. The van der Waals surface area contributed by atoms with Crippen LogP contribution in [0.4, 0.5) is 11.4 Å². The number of nitrogens with zero attached hydrogens (tertiary/aromatic N) is 1. The van der Waals surface area contributed by atoms with Gasteiger partial charge in [-0.05, 0) is 44.0 Å². The maximum Gasteiger partial charge on any atom is 0.227 e. The van der Waals surface area contributed by atoms with Crippen LogP contribution in [-0.2, 0) is 4.79 Å². The SMILES string of the molecule is CCN(CCN)c1ccc(NC(=O)C2CC2)cc1. The molecule has 0 atom stereocenters. The lowest BCUT2D eigenvalue weighted by Gasteiger charge is -2.22. The number of nitrogens with two attached hydrogens (primary N) is 1. The third kappa shape index (κ3) is 3.23. The van der Waals surface area contributed by atoms with Crippen molar-refractivity contribution in [2.45, 2.75) is 19.8 Å². The minimum Gasteiger partial charge on any atom is -0.371 e. The van der Waals surface area contributed by atoms with Crippen molar-refractivity contribution in [2.75, 3.05) is 29.9 Å². The topological polar surface area (TPSA) is 58.4 Å². The number of carbonyl (C=O) groups is 1. The van der Waals surface area contributed by atoms with E-state index >= 15 is 0 Å². The number of rotatable bonds is 6. The highest BCUT2D eigenvalue weighted by atomic mass is 16.2. The van der Waals surface area contributed by atoms with Crippen LogP contribution in [0.15, 0.2) is 24.3 Å². The lowest BCUT2D eigenvalue weighted by Crippen LogP contribution is -2.28. The van der Waals surface area contributed by atoms with Crippen molar-refractivity contribution in [1.82, 2.24) is 0 Å². The molecular weight excluding hydrogens is 226 g/mol. The molecular formula is C14H21N3O. The first-order valence-corrected chi connectivity index (χ1v) is 6.60. The van der Waals surface area contributed by atoms with Crippen molar-refractivity contribution in [1.29, 1.82) is 0 Å². The Morgan fingerprint density at radius 3 is 2.56 bits per heavy atom. The fourth-order valence-electron chi connectivity index (χ4n) is 1.97. The summed E-state index contributed by atoms with van der Waals surface area (Å²) < 4.78 is 0. The van der Waals surface area contributed by atoms with Crippen LogP contribution < -0.4 is 16.0 Å². The van der Waals surface area contributed by atoms with Gasteiger partial charge in [0.2, 0.25) is 5.91 Å². The largest absolute Gasteiger partial charge is 0.371 e. The Hall–Kier alpha value is -1.55. The first-order valence-electron chi connectivity index (χ1n) is 6.60. The van der Waals surface area contributed by atoms with E-state index in [0.717, 1.165) is 37.3 Å². The Balaban J connectivity index is 1.97. The van der Waals surface area contributed by atoms with Crippen LogP contribution >= 0.6 is 0 Å². The maximum atomic E-state index is 11.6. The van der Waals surface area contributed by atoms with E-state index < -0.39 is 0 Å². The minimum absolute atomic E-state index is 0.150. The summed E-state index contributed by atoms with van der Waals surface area (Å²) in [5.41, 5.74) is 7.60. The van der Waals surface area contributed by atoms with Crippen LogP contribution in [0.2, 0.25) is 0 Å². The predicted octanol–water partition coefficient (Wildman–Crippen LogP) is 1.82. The third-order valence-corrected chi connectivity index (χ3v) is 3.23. The number of anilines is 2. The van der Waals surface area contributed by atoms with Gasteiger partial charge in [0.05, 0.1) is 0 Å². The highest BCUT2D eigenvalue weighted by molar-refractivity contribution is 5.94. The normalized spacial score (nSPS) is 14.3. The molecule has 1 aromatic rings. The molecule has 1 amide bonds. The van der Waals surface area contributed by atoms with Crippen molar-refractivity contribution in [3.63, 3.8) is 0 Å². The van der Waals surface area contributed by atoms with Crippen LogP contribution in [0.25, 0.3) is 0 Å². The lowest BCUT2D eigenvalue weighted by molar-refractivity contribution is -0.117. The van der Waals surface area contributed by atoms with Crippen molar-refractivity contribution < 1.29 is 4.79 Å². The second-order valence-corrected chi connectivity index (χ2v) is 4.68. The van der Waals surface area contributed by atoms with E-state index in [9.17, 15) is 4.79 Å². The zero-order valence-corrected chi connectivity index (χ0v) is 10.9. The van der Waals surface area contributed by atoms with Crippen LogP contribution in [0.5, 0.6) is 0 Å². The van der Waals surface area contributed by atoms with Crippen molar-refractivity contribution in [2.24, 2.45) is 11.7 Å². The average molecular weight is 247 g/mol. The summed E-state index contributed by atoms with van der Waals surface area (Å²) in [5, 5.41) is 2.94. The van der Waals surface area contributed by atoms with Gasteiger partial charge in [-0.3, -0.25) is 4.79 Å². The minimum atomic E-state index is 0.150. The number of carbonyl (C=O) groups excluding carboxylic acids is 1. The summed E-state index contributed by atoms with van der Waals surface area (Å²) in [7, 11) is 0. The maximum absolute atomic E-state index is 11.6. The van der Waals surface area contributed by atoms with E-state index in [2.05, 4.69) is 17.1 Å². The lowest BCUT2D eigenvalue weighted by atomic mass is 10.2. The number of hydrogen-bond acceptors (Lipinski definition) is 3. The van der Waals surface area contributed by atoms with Gasteiger partial charge in [0.25, 0.3) is 0 Å². The molecule has 98 valence electrons. The highest BCUT2D eigenvalue weighted by Crippen LogP contribution is 2.30. The quantitative estimate of drug-likeness (QED) is 0.806. The molecule has 0 aliphatic heterocycles. The molecule has 1 aliphatic rings. The first-order chi connectivity index (χ1) is 8.74. The fraction of sp³-hybridized carbons (Fsp3) is 0.500. The van der Waals surface area contributed by atoms with Crippen LogP contribution in [0.3, 0.4) is 0 Å². The molecule has 0 radical (unpaired) electrons. The standard InChI is InChI=1S/C14H21N3O/c1-2-17(10-9-15)13-7-5-12(6-8-13)16-14(18)11-3-4-11/h5-8,11H,2-4,9-10,15H2,1H3,(H,16,18). The van der Waals surface area contributed by atoms with Crippen LogP contribution in [-0.4, -0.2) is 25.5 Å². The second-order valence-electron chi connectivity index (χ2n) is 4.68. The molecule has 0 heterocycles. The molecule has 0 bridgehead atoms. The van der Waals surface area contributed by atoms with Gasteiger partial charge in [0.1, 0.15) is 0 Å². The van der Waals surface area contributed by atoms with E-state index in [4.69, 9.17) is 5.73 Å². The highest BCUT2D eigenvalue weighted by Gasteiger charge is 2.29. The summed E-state index contributed by atoms with van der Waals surface area (Å²) in [4.78, 5) is 13.8. The Labute approximate surface area is 108 Å². The average Bonchev–Trinajstić information content (AvgIpc) is 3.21. The van der Waals surface area contributed by atoms with Crippen molar-refractivity contribution in [3.8, 4) is 0 Å². The number of hydrogen-bond donors (Lipinski definition) is 2. The smallest absolute Gasteiger partial charge is 0.227 e. The number of amides is 1. The van der Waals surface area contributed by atoms with Gasteiger partial charge in [0, 0.05) is 36.9 Å². The second kappa shape index (κ2) is 5.87. The van der Waals surface area contributed by atoms with Crippen LogP contribution in [0.1, 0.15) is 19.8 Å². The van der Waals surface area contributed by atoms with Gasteiger partial charge in [0.15, 0.2) is 0 Å². The number of benzene rings is 1. The van der Waals surface area contributed by atoms with E-state index in [1.54, 1.807) is 0 Å². The molecule has 0 spiro atoms. The molecule has 4 nitrogen and oxygen atoms in total. The molecule has 1 fully saturated rings. The summed E-state index contributed by atoms with van der Waals surface area (Å²) in [6.07, 6.45) is 2.06. The zero-order valence-electron chi connectivity index (χ0n) is 10.9. The van der Waals surface area contributed by atoms with E-state index in [0.29, 0.717) is 6.54 Å². The fourth-order valence-corrected chi connectivity index (χ4v) is 1.97. The molecule has 18 heavy (non-hydrogen) atoms. The Kier molecular flexibility index (Phi) is 4.20. The Morgan fingerprint density at radius 2 is 2.06 bits per heavy atom. The molecule has 0 unspecified atom stereocenters. The van der Waals surface area contributed by atoms with Gasteiger partial charge in [-0.25, -0.2) is 0 Å². The number of nitrogens with one attached hydrogen (secondary N) is 1. The molecule has 4 heteroatoms. The molecule has 2 rings (SSSR count). The summed E-state index contributed by atoms with van der Waals surface area (Å²) in [6, 6.07) is 7.97. The molecule has 1 aliphatic carbocycles. The van der Waals surface area contributed by atoms with Gasteiger partial charge in [-0.2, -0.15) is 0 Å². The van der Waals surface area contributed by atoms with Crippen LogP contribution in [0, 0.1) is 5.92 Å². The number of likely N-dealkylation sites (N-methyl/N-ethyl adjacent to an activating group) is 1. The monoisotopic (exact) mass is 247 g/mol. The molecule has 1 saturated carbocycles. The van der Waals surface area contributed by atoms with Crippen molar-refractivity contribution in [3.05, 3.63) is 24.3 Å². The molecule has 3 N–H and O–H groups in total. The van der Waals surface area contributed by atoms with Gasteiger partial charge in [-0.15, -0.1) is 0 Å². The Morgan fingerprint density at radius 1 is 1.39 bits per heavy atom. The van der Waals surface area contributed by atoms with E-state index in [1.165, 1.54) is 0 Å². The zero-order chi connectivity index (χ0) is 13.0. The molecule has 0 saturated heterocycles. The predicted molar refractivity (Wildman–Crippen MR) is 74.7 cm³/mol. The van der Waals surface area contributed by atoms with Gasteiger partial charge >= 0.3 is 0 Å².